The number of halogens is 4. The van der Waals surface area contributed by atoms with E-state index in [1.807, 2.05) is 0 Å². The SMILES string of the molecule is Cc1c(F)c(-c2ccccn2)c(F)c(F)c1Cl. The largest absolute Gasteiger partial charge is 0.256 e. The van der Waals surface area contributed by atoms with E-state index >= 15 is 0 Å². The van der Waals surface area contributed by atoms with E-state index in [0.717, 1.165) is 0 Å². The monoisotopic (exact) mass is 257 g/mol. The van der Waals surface area contributed by atoms with E-state index < -0.39 is 28.0 Å². The van der Waals surface area contributed by atoms with Crippen molar-refractivity contribution >= 4 is 11.6 Å². The Labute approximate surface area is 101 Å². The van der Waals surface area contributed by atoms with Crippen LogP contribution in [0.3, 0.4) is 0 Å². The summed E-state index contributed by atoms with van der Waals surface area (Å²) in [5.41, 5.74) is -0.600. The van der Waals surface area contributed by atoms with Gasteiger partial charge in [-0.1, -0.05) is 17.7 Å². The van der Waals surface area contributed by atoms with Crippen LogP contribution in [0.1, 0.15) is 5.56 Å². The van der Waals surface area contributed by atoms with Crippen LogP contribution >= 0.6 is 11.6 Å². The van der Waals surface area contributed by atoms with Crippen molar-refractivity contribution in [3.63, 3.8) is 0 Å². The molecule has 0 unspecified atom stereocenters. The maximum Gasteiger partial charge on any atom is 0.178 e. The molecule has 0 radical (unpaired) electrons. The zero-order valence-corrected chi connectivity index (χ0v) is 9.52. The Hall–Kier alpha value is -1.55. The zero-order chi connectivity index (χ0) is 12.6. The Morgan fingerprint density at radius 2 is 1.76 bits per heavy atom. The summed E-state index contributed by atoms with van der Waals surface area (Å²) in [6, 6.07) is 4.55. The first kappa shape index (κ1) is 11.9. The van der Waals surface area contributed by atoms with Crippen molar-refractivity contribution in [2.75, 3.05) is 0 Å². The highest BCUT2D eigenvalue weighted by atomic mass is 35.5. The van der Waals surface area contributed by atoms with Gasteiger partial charge in [-0.15, -0.1) is 0 Å². The minimum absolute atomic E-state index is 0.0289. The first-order valence-corrected chi connectivity index (χ1v) is 5.15. The molecule has 1 nitrogen and oxygen atoms in total. The first-order valence-electron chi connectivity index (χ1n) is 4.78. The smallest absolute Gasteiger partial charge is 0.178 e. The van der Waals surface area contributed by atoms with E-state index in [0.29, 0.717) is 0 Å². The van der Waals surface area contributed by atoms with Crippen molar-refractivity contribution in [1.29, 1.82) is 0 Å². The van der Waals surface area contributed by atoms with Gasteiger partial charge in [0.2, 0.25) is 0 Å². The summed E-state index contributed by atoms with van der Waals surface area (Å²) in [5, 5.41) is -0.542. The quantitative estimate of drug-likeness (QED) is 0.553. The normalized spacial score (nSPS) is 10.6. The molecule has 88 valence electrons. The Bertz CT molecular complexity index is 541. The van der Waals surface area contributed by atoms with Crippen LogP contribution in [0, 0.1) is 24.4 Å². The van der Waals surface area contributed by atoms with Gasteiger partial charge < -0.3 is 0 Å². The van der Waals surface area contributed by atoms with Crippen LogP contribution in [0.4, 0.5) is 13.2 Å². The molecule has 0 aliphatic carbocycles. The van der Waals surface area contributed by atoms with Crippen LogP contribution in [0.25, 0.3) is 11.3 Å². The molecule has 5 heteroatoms. The minimum atomic E-state index is -1.32. The van der Waals surface area contributed by atoms with E-state index in [2.05, 4.69) is 4.98 Å². The highest BCUT2D eigenvalue weighted by Crippen LogP contribution is 2.33. The predicted molar refractivity (Wildman–Crippen MR) is 59.3 cm³/mol. The van der Waals surface area contributed by atoms with Gasteiger partial charge in [-0.05, 0) is 19.1 Å². The molecule has 0 spiro atoms. The molecule has 0 atom stereocenters. The summed E-state index contributed by atoms with van der Waals surface area (Å²) >= 11 is 5.47. The van der Waals surface area contributed by atoms with Crippen LogP contribution in [0.15, 0.2) is 24.4 Å². The molecule has 0 bridgehead atoms. The van der Waals surface area contributed by atoms with E-state index in [-0.39, 0.29) is 11.3 Å². The molecule has 0 N–H and O–H groups in total. The van der Waals surface area contributed by atoms with Gasteiger partial charge in [-0.3, -0.25) is 4.98 Å². The topological polar surface area (TPSA) is 12.9 Å². The Kier molecular flexibility index (Phi) is 3.07. The summed E-state index contributed by atoms with van der Waals surface area (Å²) in [7, 11) is 0. The first-order chi connectivity index (χ1) is 8.04. The molecule has 0 saturated carbocycles. The summed E-state index contributed by atoms with van der Waals surface area (Å²) in [4.78, 5) is 3.79. The number of aromatic nitrogens is 1. The van der Waals surface area contributed by atoms with Crippen molar-refractivity contribution in [2.24, 2.45) is 0 Å². The fourth-order valence-electron chi connectivity index (χ4n) is 1.49. The van der Waals surface area contributed by atoms with Gasteiger partial charge >= 0.3 is 0 Å². The van der Waals surface area contributed by atoms with Gasteiger partial charge in [0, 0.05) is 11.8 Å². The third-order valence-electron chi connectivity index (χ3n) is 2.40. The van der Waals surface area contributed by atoms with Gasteiger partial charge in [-0.25, -0.2) is 13.2 Å². The number of nitrogens with zero attached hydrogens (tertiary/aromatic N) is 1. The lowest BCUT2D eigenvalue weighted by Gasteiger charge is -2.09. The van der Waals surface area contributed by atoms with E-state index in [9.17, 15) is 13.2 Å². The Balaban J connectivity index is 2.80. The second kappa shape index (κ2) is 4.37. The second-order valence-corrected chi connectivity index (χ2v) is 3.85. The Morgan fingerprint density at radius 1 is 1.06 bits per heavy atom. The number of rotatable bonds is 1. The summed E-state index contributed by atoms with van der Waals surface area (Å²) in [6.45, 7) is 1.28. The Morgan fingerprint density at radius 3 is 2.35 bits per heavy atom. The van der Waals surface area contributed by atoms with Crippen LogP contribution in [-0.2, 0) is 0 Å². The van der Waals surface area contributed by atoms with Crippen molar-refractivity contribution in [3.8, 4) is 11.3 Å². The van der Waals surface area contributed by atoms with Gasteiger partial charge in [0.25, 0.3) is 0 Å². The number of benzene rings is 1. The molecule has 1 heterocycles. The molecule has 1 aromatic heterocycles. The highest BCUT2D eigenvalue weighted by molar-refractivity contribution is 6.31. The molecule has 0 aliphatic rings. The molecule has 0 fully saturated rings. The van der Waals surface area contributed by atoms with E-state index in [1.54, 1.807) is 12.1 Å². The van der Waals surface area contributed by atoms with Gasteiger partial charge in [0.1, 0.15) is 5.82 Å². The summed E-state index contributed by atoms with van der Waals surface area (Å²) < 4.78 is 40.9. The summed E-state index contributed by atoms with van der Waals surface area (Å²) in [5.74, 6) is -3.48. The van der Waals surface area contributed by atoms with Crippen molar-refractivity contribution in [3.05, 3.63) is 52.4 Å². The number of pyridine rings is 1. The number of hydrogen-bond acceptors (Lipinski definition) is 1. The molecule has 0 amide bonds. The molecule has 2 aromatic rings. The minimum Gasteiger partial charge on any atom is -0.256 e. The lowest BCUT2D eigenvalue weighted by Crippen LogP contribution is -2.00. The van der Waals surface area contributed by atoms with E-state index in [1.165, 1.54) is 19.2 Å². The molecular weight excluding hydrogens is 251 g/mol. The molecule has 0 aliphatic heterocycles. The zero-order valence-electron chi connectivity index (χ0n) is 8.77. The number of hydrogen-bond donors (Lipinski definition) is 0. The maximum absolute atomic E-state index is 13.9. The van der Waals surface area contributed by atoms with Gasteiger partial charge in [-0.2, -0.15) is 0 Å². The fourth-order valence-corrected chi connectivity index (χ4v) is 1.65. The maximum atomic E-state index is 13.9. The molecule has 2 rings (SSSR count). The van der Waals surface area contributed by atoms with Crippen LogP contribution in [0.2, 0.25) is 5.02 Å². The third kappa shape index (κ3) is 1.89. The molecule has 17 heavy (non-hydrogen) atoms. The predicted octanol–water partition coefficient (Wildman–Crippen LogP) is 4.13. The molecular formula is C12H7ClF3N. The van der Waals surface area contributed by atoms with Crippen LogP contribution < -0.4 is 0 Å². The lowest BCUT2D eigenvalue weighted by atomic mass is 10.1. The lowest BCUT2D eigenvalue weighted by molar-refractivity contribution is 0.496. The van der Waals surface area contributed by atoms with E-state index in [4.69, 9.17) is 11.6 Å². The second-order valence-electron chi connectivity index (χ2n) is 3.47. The van der Waals surface area contributed by atoms with Crippen LogP contribution in [-0.4, -0.2) is 4.98 Å². The average molecular weight is 258 g/mol. The third-order valence-corrected chi connectivity index (χ3v) is 2.85. The molecule has 1 aromatic carbocycles. The van der Waals surface area contributed by atoms with Crippen LogP contribution in [0.5, 0.6) is 0 Å². The van der Waals surface area contributed by atoms with Crippen molar-refractivity contribution in [2.45, 2.75) is 6.92 Å². The van der Waals surface area contributed by atoms with Gasteiger partial charge in [0.05, 0.1) is 16.3 Å². The van der Waals surface area contributed by atoms with Gasteiger partial charge in [0.15, 0.2) is 11.6 Å². The fraction of sp³-hybridized carbons (Fsp3) is 0.0833. The highest BCUT2D eigenvalue weighted by Gasteiger charge is 2.23. The molecule has 0 saturated heterocycles. The van der Waals surface area contributed by atoms with Crippen molar-refractivity contribution < 1.29 is 13.2 Å². The summed E-state index contributed by atoms with van der Waals surface area (Å²) in [6.07, 6.45) is 1.37. The van der Waals surface area contributed by atoms with Crippen molar-refractivity contribution in [1.82, 2.24) is 4.98 Å². The standard InChI is InChI=1S/C12H7ClF3N/c1-6-9(13)12(16)11(15)8(10(6)14)7-4-2-3-5-17-7/h2-5H,1H3. The average Bonchev–Trinajstić information content (AvgIpc) is 2.36.